The van der Waals surface area contributed by atoms with Crippen molar-refractivity contribution in [2.75, 3.05) is 16.4 Å². The summed E-state index contributed by atoms with van der Waals surface area (Å²) >= 11 is 1.48. The van der Waals surface area contributed by atoms with Crippen LogP contribution in [0.25, 0.3) is 31.7 Å². The Bertz CT molecular complexity index is 2640. The zero-order valence-electron chi connectivity index (χ0n) is 30.7. The van der Waals surface area contributed by atoms with E-state index < -0.39 is 26.9 Å². The molecule has 0 bridgehead atoms. The Morgan fingerprint density at radius 2 is 1.44 bits per heavy atom. The summed E-state index contributed by atoms with van der Waals surface area (Å²) in [5, 5.41) is 7.80. The van der Waals surface area contributed by atoms with Crippen LogP contribution in [0.2, 0.25) is 0 Å². The number of fused-ring (bicyclic) bond motifs is 2. The Balaban J connectivity index is 1.60. The summed E-state index contributed by atoms with van der Waals surface area (Å²) < 4.78 is 65.2. The van der Waals surface area contributed by atoms with Crippen molar-refractivity contribution < 1.29 is 31.2 Å². The van der Waals surface area contributed by atoms with Crippen molar-refractivity contribution >= 4 is 65.7 Å². The van der Waals surface area contributed by atoms with Gasteiger partial charge in [0.1, 0.15) is 5.75 Å². The maximum absolute atomic E-state index is 13.4. The van der Waals surface area contributed by atoms with E-state index in [1.54, 1.807) is 12.1 Å². The molecule has 1 aliphatic carbocycles. The van der Waals surface area contributed by atoms with Gasteiger partial charge in [-0.25, -0.2) is 13.4 Å². The number of ketones is 1. The number of nitrogens with one attached hydrogen (secondary N) is 2. The maximum Gasteiger partial charge on any atom is 0.497 e. The van der Waals surface area contributed by atoms with Gasteiger partial charge in [-0.3, -0.25) is 9.59 Å². The highest BCUT2D eigenvalue weighted by Gasteiger charge is 2.47. The molecule has 1 amide bonds. The van der Waals surface area contributed by atoms with Crippen molar-refractivity contribution in [1.82, 2.24) is 0 Å². The van der Waals surface area contributed by atoms with Crippen molar-refractivity contribution in [3.05, 3.63) is 123 Å². The number of anilines is 3. The molecule has 0 saturated heterocycles. The summed E-state index contributed by atoms with van der Waals surface area (Å²) in [4.78, 5) is 31.2. The summed E-state index contributed by atoms with van der Waals surface area (Å²) in [5.41, 5.74) is 4.97. The number of aryl methyl sites for hydroxylation is 5. The second-order valence-electron chi connectivity index (χ2n) is 13.6. The number of hydrogen-bond donors (Lipinski definition) is 2. The van der Waals surface area contributed by atoms with E-state index in [0.29, 0.717) is 33.4 Å². The molecule has 6 rings (SSSR count). The van der Waals surface area contributed by atoms with Gasteiger partial charge in [0.15, 0.2) is 5.78 Å². The van der Waals surface area contributed by atoms with Crippen LogP contribution in [-0.4, -0.2) is 31.4 Å². The quantitative estimate of drug-likeness (QED) is 0.118. The lowest BCUT2D eigenvalue weighted by Gasteiger charge is -2.19. The molecule has 0 atom stereocenters. The zero-order chi connectivity index (χ0) is 39.3. The topological polar surface area (TPSA) is 105 Å². The first-order valence-electron chi connectivity index (χ1n) is 17.0. The first kappa shape index (κ1) is 38.4. The lowest BCUT2D eigenvalue weighted by molar-refractivity contribution is -0.114. The van der Waals surface area contributed by atoms with E-state index in [2.05, 4.69) is 22.8 Å². The average molecular weight is 770 g/mol. The molecule has 54 heavy (non-hydrogen) atoms. The predicted octanol–water partition coefficient (Wildman–Crippen LogP) is 10.6. The second-order valence-corrected chi connectivity index (χ2v) is 16.7. The van der Waals surface area contributed by atoms with Gasteiger partial charge in [0, 0.05) is 50.1 Å². The molecule has 0 spiro atoms. The predicted molar refractivity (Wildman–Crippen MR) is 212 cm³/mol. The van der Waals surface area contributed by atoms with E-state index in [1.807, 2.05) is 84.0 Å². The number of sulfone groups is 1. The fourth-order valence-corrected chi connectivity index (χ4v) is 8.79. The molecule has 0 fully saturated rings. The first-order valence-corrected chi connectivity index (χ1v) is 19.5. The van der Waals surface area contributed by atoms with E-state index in [0.717, 1.165) is 59.7 Å². The van der Waals surface area contributed by atoms with Crippen LogP contribution < -0.4 is 16.0 Å². The number of rotatable bonds is 8. The summed E-state index contributed by atoms with van der Waals surface area (Å²) in [6, 6.07) is 23.7. The van der Waals surface area contributed by atoms with E-state index >= 15 is 0 Å². The molecule has 0 aromatic heterocycles. The minimum absolute atomic E-state index is 0.137. The SMILES string of the molecule is CC(=O)Nc1c(C)cc(C)c(N=c2ccc3c(-c4ccccc4C(=O)CS(=O)(=O)C(F)(F)F)c4ccc(Nc5c(C)cc(C)cc5C)cc4sc-3c2)c1C. The Hall–Kier alpha value is -5.33. The van der Waals surface area contributed by atoms with Crippen LogP contribution in [0.4, 0.5) is 35.9 Å². The van der Waals surface area contributed by atoms with Crippen LogP contribution in [0.5, 0.6) is 0 Å². The number of hydrogen-bond acceptors (Lipinski definition) is 7. The van der Waals surface area contributed by atoms with Gasteiger partial charge < -0.3 is 10.6 Å². The van der Waals surface area contributed by atoms with Gasteiger partial charge >= 0.3 is 5.51 Å². The van der Waals surface area contributed by atoms with E-state index in [1.165, 1.54) is 30.4 Å². The number of alkyl halides is 3. The first-order chi connectivity index (χ1) is 25.3. The van der Waals surface area contributed by atoms with Crippen molar-refractivity contribution in [2.45, 2.75) is 54.0 Å². The number of amides is 1. The molecule has 2 N–H and O–H groups in total. The van der Waals surface area contributed by atoms with E-state index in [4.69, 9.17) is 4.99 Å². The number of nitrogens with zero attached hydrogens (tertiary/aromatic N) is 1. The van der Waals surface area contributed by atoms with Crippen molar-refractivity contribution in [3.63, 3.8) is 0 Å². The summed E-state index contributed by atoms with van der Waals surface area (Å²) in [6.07, 6.45) is 0. The van der Waals surface area contributed by atoms with Crippen LogP contribution in [0.15, 0.2) is 83.9 Å². The maximum atomic E-state index is 13.4. The Morgan fingerprint density at radius 1 is 0.778 bits per heavy atom. The lowest BCUT2D eigenvalue weighted by Crippen LogP contribution is -2.30. The second kappa shape index (κ2) is 14.5. The summed E-state index contributed by atoms with van der Waals surface area (Å²) in [5.74, 6) is -3.06. The van der Waals surface area contributed by atoms with Gasteiger partial charge in [-0.15, -0.1) is 11.3 Å². The third-order valence-electron chi connectivity index (χ3n) is 9.30. The largest absolute Gasteiger partial charge is 0.497 e. The molecule has 2 aliphatic rings. The molecule has 0 saturated carbocycles. The van der Waals surface area contributed by atoms with Gasteiger partial charge in [0.2, 0.25) is 5.91 Å². The van der Waals surface area contributed by atoms with Crippen LogP contribution in [0.3, 0.4) is 0 Å². The van der Waals surface area contributed by atoms with Gasteiger partial charge in [0.05, 0.1) is 11.0 Å². The fraction of sp³-hybridized carbons (Fsp3) is 0.214. The fourth-order valence-electron chi connectivity index (χ4n) is 6.96. The monoisotopic (exact) mass is 769 g/mol. The van der Waals surface area contributed by atoms with Gasteiger partial charge in [-0.1, -0.05) is 60.2 Å². The minimum atomic E-state index is -5.72. The van der Waals surface area contributed by atoms with E-state index in [9.17, 15) is 31.2 Å². The Morgan fingerprint density at radius 3 is 2.11 bits per heavy atom. The molecule has 4 aromatic rings. The van der Waals surface area contributed by atoms with E-state index in [-0.39, 0.29) is 11.5 Å². The van der Waals surface area contributed by atoms with Gasteiger partial charge in [-0.2, -0.15) is 13.2 Å². The Labute approximate surface area is 315 Å². The minimum Gasteiger partial charge on any atom is -0.355 e. The van der Waals surface area contributed by atoms with Crippen LogP contribution in [0, 0.1) is 41.5 Å². The van der Waals surface area contributed by atoms with Crippen LogP contribution >= 0.6 is 11.3 Å². The number of halogens is 3. The highest BCUT2D eigenvalue weighted by molar-refractivity contribution is 7.93. The molecular formula is C42H38F3N3O4S2. The summed E-state index contributed by atoms with van der Waals surface area (Å²) in [6.45, 7) is 13.3. The average Bonchev–Trinajstić information content (AvgIpc) is 3.08. The summed E-state index contributed by atoms with van der Waals surface area (Å²) in [7, 11) is -5.72. The molecule has 1 heterocycles. The smallest absolute Gasteiger partial charge is 0.355 e. The molecule has 12 heteroatoms. The molecule has 7 nitrogen and oxygen atoms in total. The molecule has 278 valence electrons. The zero-order valence-corrected chi connectivity index (χ0v) is 32.4. The molecular weight excluding hydrogens is 732 g/mol. The Kier molecular flexibility index (Phi) is 10.3. The van der Waals surface area contributed by atoms with Crippen LogP contribution in [-0.2, 0) is 14.6 Å². The lowest BCUT2D eigenvalue weighted by atomic mass is 9.91. The van der Waals surface area contributed by atoms with Crippen molar-refractivity contribution in [3.8, 4) is 21.6 Å². The number of benzene rings is 5. The van der Waals surface area contributed by atoms with Gasteiger partial charge in [-0.05, 0) is 105 Å². The molecule has 0 unspecified atom stereocenters. The molecule has 4 aromatic carbocycles. The van der Waals surface area contributed by atoms with Gasteiger partial charge in [0.25, 0.3) is 9.84 Å². The number of Topliss-reactive ketones (excluding diaryl/α,β-unsaturated/α-hetero) is 1. The third-order valence-corrected chi connectivity index (χ3v) is 11.8. The molecule has 1 aliphatic heterocycles. The van der Waals surface area contributed by atoms with Crippen molar-refractivity contribution in [1.29, 1.82) is 0 Å². The highest BCUT2D eigenvalue weighted by atomic mass is 32.2. The third kappa shape index (κ3) is 7.53. The standard InChI is InChI=1S/C42H38F3N3O4S2/c1-22-16-23(2)39(24(3)17-22)47-29-12-14-33-36(19-29)53-37-20-30(48-41-26(5)18-25(4)40(27(41)6)46-28(7)49)13-15-34(37)38(33)32-11-9-8-10-31(32)35(50)21-54(51,52)42(43,44)45/h8-20,47H,21H2,1-7H3,(H,46,49). The van der Waals surface area contributed by atoms with Crippen LogP contribution in [0.1, 0.15) is 50.7 Å². The number of carbonyl (C=O) groups excluding carboxylic acids is 2. The van der Waals surface area contributed by atoms with Crippen molar-refractivity contribution in [2.24, 2.45) is 4.99 Å². The molecule has 0 radical (unpaired) electrons. The highest BCUT2D eigenvalue weighted by Crippen LogP contribution is 2.45. The normalized spacial score (nSPS) is 12.4. The number of carbonyl (C=O) groups is 2.